The third-order valence-electron chi connectivity index (χ3n) is 3.80. The van der Waals surface area contributed by atoms with Crippen molar-refractivity contribution >= 4 is 27.3 Å². The molecule has 4 heteroatoms. The molecule has 1 aromatic carbocycles. The number of aliphatic hydroxyl groups is 1. The van der Waals surface area contributed by atoms with Gasteiger partial charge in [0.05, 0.1) is 12.7 Å². The highest BCUT2D eigenvalue weighted by atomic mass is 79.9. The van der Waals surface area contributed by atoms with Gasteiger partial charge in [0.15, 0.2) is 0 Å². The van der Waals surface area contributed by atoms with Gasteiger partial charge in [0.1, 0.15) is 5.75 Å². The molecular formula is C16H17BrO2S. The van der Waals surface area contributed by atoms with E-state index in [1.807, 2.05) is 24.3 Å². The molecule has 0 radical (unpaired) electrons. The minimum Gasteiger partial charge on any atom is -0.493 e. The van der Waals surface area contributed by atoms with Crippen molar-refractivity contribution in [1.82, 2.24) is 0 Å². The lowest BCUT2D eigenvalue weighted by molar-refractivity contribution is 0.148. The van der Waals surface area contributed by atoms with E-state index in [1.54, 1.807) is 11.3 Å². The second-order valence-corrected chi connectivity index (χ2v) is 7.32. The van der Waals surface area contributed by atoms with Crippen LogP contribution in [0.2, 0.25) is 0 Å². The average Bonchev–Trinajstić information content (AvgIpc) is 2.79. The Hall–Kier alpha value is -0.840. The number of fused-ring (bicyclic) bond motifs is 1. The van der Waals surface area contributed by atoms with E-state index in [1.165, 1.54) is 10.4 Å². The SMILES string of the molecule is Cc1sc(C(O)CC2CCOc3ccccc32)cc1Br. The zero-order chi connectivity index (χ0) is 14.1. The number of benzene rings is 1. The van der Waals surface area contributed by atoms with Gasteiger partial charge in [-0.15, -0.1) is 11.3 Å². The Labute approximate surface area is 131 Å². The first-order chi connectivity index (χ1) is 9.65. The van der Waals surface area contributed by atoms with E-state index in [2.05, 4.69) is 28.9 Å². The Morgan fingerprint density at radius 3 is 3.00 bits per heavy atom. The van der Waals surface area contributed by atoms with Crippen molar-refractivity contribution in [1.29, 1.82) is 0 Å². The number of hydrogen-bond donors (Lipinski definition) is 1. The van der Waals surface area contributed by atoms with Gasteiger partial charge in [-0.25, -0.2) is 0 Å². The van der Waals surface area contributed by atoms with Crippen LogP contribution in [0.3, 0.4) is 0 Å². The third kappa shape index (κ3) is 2.78. The fourth-order valence-electron chi connectivity index (χ4n) is 2.69. The summed E-state index contributed by atoms with van der Waals surface area (Å²) in [6.45, 7) is 2.80. The summed E-state index contributed by atoms with van der Waals surface area (Å²) in [4.78, 5) is 2.25. The Bertz CT molecular complexity index is 589. The average molecular weight is 353 g/mol. The van der Waals surface area contributed by atoms with Crippen LogP contribution >= 0.6 is 27.3 Å². The Kier molecular flexibility index (Phi) is 4.15. The van der Waals surface area contributed by atoms with Crippen LogP contribution in [0.1, 0.15) is 40.2 Å². The maximum absolute atomic E-state index is 10.5. The molecule has 1 aliphatic rings. The van der Waals surface area contributed by atoms with E-state index in [0.29, 0.717) is 5.92 Å². The van der Waals surface area contributed by atoms with Crippen molar-refractivity contribution in [2.45, 2.75) is 31.8 Å². The minimum atomic E-state index is -0.402. The first-order valence-electron chi connectivity index (χ1n) is 6.81. The molecule has 0 saturated carbocycles. The van der Waals surface area contributed by atoms with Gasteiger partial charge in [0.25, 0.3) is 0 Å². The van der Waals surface area contributed by atoms with Crippen LogP contribution in [-0.4, -0.2) is 11.7 Å². The number of ether oxygens (including phenoxy) is 1. The van der Waals surface area contributed by atoms with Crippen molar-refractivity contribution in [2.75, 3.05) is 6.61 Å². The number of para-hydroxylation sites is 1. The smallest absolute Gasteiger partial charge is 0.122 e. The highest BCUT2D eigenvalue weighted by Gasteiger charge is 2.25. The molecule has 20 heavy (non-hydrogen) atoms. The maximum atomic E-state index is 10.5. The summed E-state index contributed by atoms with van der Waals surface area (Å²) in [5, 5.41) is 10.5. The van der Waals surface area contributed by atoms with Gasteiger partial charge in [0, 0.05) is 14.2 Å². The number of halogens is 1. The van der Waals surface area contributed by atoms with Gasteiger partial charge in [0.2, 0.25) is 0 Å². The predicted molar refractivity (Wildman–Crippen MR) is 85.6 cm³/mol. The Balaban J connectivity index is 1.78. The van der Waals surface area contributed by atoms with Crippen LogP contribution in [0.4, 0.5) is 0 Å². The van der Waals surface area contributed by atoms with Crippen molar-refractivity contribution < 1.29 is 9.84 Å². The lowest BCUT2D eigenvalue weighted by Crippen LogP contribution is -2.16. The van der Waals surface area contributed by atoms with Crippen molar-refractivity contribution in [3.63, 3.8) is 0 Å². The van der Waals surface area contributed by atoms with E-state index in [0.717, 1.165) is 34.5 Å². The van der Waals surface area contributed by atoms with Gasteiger partial charge in [-0.3, -0.25) is 0 Å². The fraction of sp³-hybridized carbons (Fsp3) is 0.375. The lowest BCUT2D eigenvalue weighted by Gasteiger charge is -2.27. The first-order valence-corrected chi connectivity index (χ1v) is 8.41. The fourth-order valence-corrected chi connectivity index (χ4v) is 4.25. The minimum absolute atomic E-state index is 0.371. The van der Waals surface area contributed by atoms with Gasteiger partial charge >= 0.3 is 0 Å². The summed E-state index contributed by atoms with van der Waals surface area (Å²) in [5.74, 6) is 1.34. The summed E-state index contributed by atoms with van der Waals surface area (Å²) in [7, 11) is 0. The van der Waals surface area contributed by atoms with Crippen molar-refractivity contribution in [3.8, 4) is 5.75 Å². The molecule has 0 spiro atoms. The standard InChI is InChI=1S/C16H17BrO2S/c1-10-13(17)9-16(20-10)14(18)8-11-6-7-19-15-5-3-2-4-12(11)15/h2-5,9,11,14,18H,6-8H2,1H3. The second kappa shape index (κ2) is 5.88. The topological polar surface area (TPSA) is 29.5 Å². The van der Waals surface area contributed by atoms with E-state index in [9.17, 15) is 5.11 Å². The third-order valence-corrected chi connectivity index (χ3v) is 6.03. The quantitative estimate of drug-likeness (QED) is 0.858. The van der Waals surface area contributed by atoms with Gasteiger partial charge in [-0.05, 0) is 59.3 Å². The van der Waals surface area contributed by atoms with E-state index >= 15 is 0 Å². The van der Waals surface area contributed by atoms with E-state index < -0.39 is 6.10 Å². The molecule has 2 atom stereocenters. The van der Waals surface area contributed by atoms with Crippen molar-refractivity contribution in [2.24, 2.45) is 0 Å². The summed E-state index contributed by atoms with van der Waals surface area (Å²) in [5.41, 5.74) is 1.23. The number of aryl methyl sites for hydroxylation is 1. The molecule has 0 amide bonds. The highest BCUT2D eigenvalue weighted by Crippen LogP contribution is 2.40. The lowest BCUT2D eigenvalue weighted by atomic mass is 9.88. The zero-order valence-electron chi connectivity index (χ0n) is 11.3. The Morgan fingerprint density at radius 2 is 2.25 bits per heavy atom. The summed E-state index contributed by atoms with van der Waals surface area (Å²) < 4.78 is 6.76. The molecular weight excluding hydrogens is 336 g/mol. The molecule has 2 heterocycles. The zero-order valence-corrected chi connectivity index (χ0v) is 13.7. The van der Waals surface area contributed by atoms with Gasteiger partial charge < -0.3 is 9.84 Å². The number of hydrogen-bond acceptors (Lipinski definition) is 3. The Morgan fingerprint density at radius 1 is 1.45 bits per heavy atom. The maximum Gasteiger partial charge on any atom is 0.122 e. The predicted octanol–water partition coefficient (Wildman–Crippen LogP) is 4.81. The van der Waals surface area contributed by atoms with Crippen molar-refractivity contribution in [3.05, 3.63) is 50.1 Å². The molecule has 1 aliphatic heterocycles. The molecule has 0 saturated heterocycles. The monoisotopic (exact) mass is 352 g/mol. The molecule has 106 valence electrons. The molecule has 0 bridgehead atoms. The summed E-state index contributed by atoms with van der Waals surface area (Å²) in [6.07, 6.45) is 1.33. The van der Waals surface area contributed by atoms with Crippen LogP contribution < -0.4 is 4.74 Å². The second-order valence-electron chi connectivity index (χ2n) is 5.18. The van der Waals surface area contributed by atoms with Crippen LogP contribution in [-0.2, 0) is 0 Å². The van der Waals surface area contributed by atoms with Gasteiger partial charge in [-0.1, -0.05) is 18.2 Å². The molecule has 2 aromatic rings. The molecule has 1 aromatic heterocycles. The normalized spacial score (nSPS) is 19.2. The van der Waals surface area contributed by atoms with Crippen LogP contribution in [0.25, 0.3) is 0 Å². The van der Waals surface area contributed by atoms with Crippen LogP contribution in [0.5, 0.6) is 5.75 Å². The number of aliphatic hydroxyl groups excluding tert-OH is 1. The van der Waals surface area contributed by atoms with Gasteiger partial charge in [-0.2, -0.15) is 0 Å². The van der Waals surface area contributed by atoms with Crippen LogP contribution in [0.15, 0.2) is 34.8 Å². The molecule has 0 fully saturated rings. The first kappa shape index (κ1) is 14.1. The molecule has 2 nitrogen and oxygen atoms in total. The molecule has 1 N–H and O–H groups in total. The molecule has 0 aliphatic carbocycles. The largest absolute Gasteiger partial charge is 0.493 e. The van der Waals surface area contributed by atoms with E-state index in [4.69, 9.17) is 4.74 Å². The van der Waals surface area contributed by atoms with Crippen LogP contribution in [0, 0.1) is 6.92 Å². The summed E-state index contributed by atoms with van der Waals surface area (Å²) in [6, 6.07) is 10.2. The highest BCUT2D eigenvalue weighted by molar-refractivity contribution is 9.10. The van der Waals surface area contributed by atoms with E-state index in [-0.39, 0.29) is 0 Å². The summed E-state index contributed by atoms with van der Waals surface area (Å²) >= 11 is 5.18. The number of rotatable bonds is 3. The number of thiophene rings is 1. The molecule has 3 rings (SSSR count). The molecule has 2 unspecified atom stereocenters.